The first-order valence-electron chi connectivity index (χ1n) is 10.7. The van der Waals surface area contributed by atoms with Crippen molar-refractivity contribution < 1.29 is 14.0 Å². The van der Waals surface area contributed by atoms with Gasteiger partial charge in [0.15, 0.2) is 0 Å². The lowest BCUT2D eigenvalue weighted by Crippen LogP contribution is -2.42. The molecule has 4 rings (SSSR count). The Balaban J connectivity index is 1.24. The number of amides is 2. The normalized spacial score (nSPS) is 18.8. The molecule has 0 bridgehead atoms. The van der Waals surface area contributed by atoms with E-state index in [-0.39, 0.29) is 17.1 Å². The van der Waals surface area contributed by atoms with Crippen LogP contribution in [0.5, 0.6) is 0 Å². The van der Waals surface area contributed by atoms with Crippen LogP contribution in [0.2, 0.25) is 0 Å². The molecular weight excluding hydrogens is 400 g/mol. The third-order valence-corrected chi connectivity index (χ3v) is 6.79. The summed E-state index contributed by atoms with van der Waals surface area (Å²) < 4.78 is 5.66. The number of hydrogen-bond acceptors (Lipinski definition) is 6. The summed E-state index contributed by atoms with van der Waals surface area (Å²) in [6.07, 6.45) is 4.61. The molecule has 0 N–H and O–H groups in total. The maximum Gasteiger partial charge on any atom is 0.277 e. The van der Waals surface area contributed by atoms with Crippen LogP contribution in [0.15, 0.2) is 40.0 Å². The van der Waals surface area contributed by atoms with Crippen LogP contribution in [0.1, 0.15) is 44.1 Å². The van der Waals surface area contributed by atoms with Gasteiger partial charge in [-0.15, -0.1) is 10.2 Å². The van der Waals surface area contributed by atoms with Gasteiger partial charge in [-0.3, -0.25) is 9.59 Å². The Bertz CT molecular complexity index is 864. The molecule has 2 amide bonds. The first-order valence-corrected chi connectivity index (χ1v) is 11.6. The number of rotatable bonds is 7. The molecule has 3 heterocycles. The van der Waals surface area contributed by atoms with E-state index in [1.807, 2.05) is 17.9 Å². The van der Waals surface area contributed by atoms with E-state index < -0.39 is 0 Å². The quantitative estimate of drug-likeness (QED) is 0.631. The molecule has 1 atom stereocenters. The molecule has 1 aromatic heterocycles. The van der Waals surface area contributed by atoms with Crippen molar-refractivity contribution in [3.8, 4) is 0 Å². The zero-order valence-corrected chi connectivity index (χ0v) is 18.1. The SMILES string of the molecule is C[C@@H](Sc1nnc(CN2CCCC2=O)o1)C(=O)N1CCC(Cc2ccccc2)CC1. The van der Waals surface area contributed by atoms with Gasteiger partial charge in [-0.05, 0) is 44.1 Å². The average molecular weight is 429 g/mol. The molecule has 2 aliphatic rings. The molecule has 2 fully saturated rings. The molecule has 2 aromatic rings. The van der Waals surface area contributed by atoms with Gasteiger partial charge < -0.3 is 14.2 Å². The summed E-state index contributed by atoms with van der Waals surface area (Å²) in [5.41, 5.74) is 1.37. The molecule has 0 radical (unpaired) electrons. The minimum absolute atomic E-state index is 0.118. The molecule has 2 aliphatic heterocycles. The fourth-order valence-corrected chi connectivity index (χ4v) is 4.93. The third-order valence-electron chi connectivity index (χ3n) is 5.86. The maximum atomic E-state index is 12.9. The van der Waals surface area contributed by atoms with E-state index in [4.69, 9.17) is 4.42 Å². The van der Waals surface area contributed by atoms with Gasteiger partial charge in [-0.1, -0.05) is 42.1 Å². The van der Waals surface area contributed by atoms with Gasteiger partial charge in [0.1, 0.15) is 0 Å². The molecule has 1 aromatic carbocycles. The number of carbonyl (C=O) groups excluding carboxylic acids is 2. The van der Waals surface area contributed by atoms with Gasteiger partial charge in [0.2, 0.25) is 17.7 Å². The highest BCUT2D eigenvalue weighted by Gasteiger charge is 2.28. The van der Waals surface area contributed by atoms with Crippen molar-refractivity contribution in [3.63, 3.8) is 0 Å². The van der Waals surface area contributed by atoms with Crippen LogP contribution in [0, 0.1) is 5.92 Å². The van der Waals surface area contributed by atoms with Gasteiger partial charge in [0.05, 0.1) is 11.8 Å². The second-order valence-corrected chi connectivity index (χ2v) is 9.39. The van der Waals surface area contributed by atoms with Crippen LogP contribution in [-0.4, -0.2) is 56.7 Å². The van der Waals surface area contributed by atoms with E-state index in [1.54, 1.807) is 4.90 Å². The summed E-state index contributed by atoms with van der Waals surface area (Å²) in [6.45, 7) is 4.57. The number of piperidine rings is 1. The van der Waals surface area contributed by atoms with Crippen molar-refractivity contribution in [2.75, 3.05) is 19.6 Å². The average Bonchev–Trinajstić information content (AvgIpc) is 3.38. The Kier molecular flexibility index (Phi) is 6.72. The highest BCUT2D eigenvalue weighted by molar-refractivity contribution is 8.00. The molecule has 160 valence electrons. The van der Waals surface area contributed by atoms with E-state index in [9.17, 15) is 9.59 Å². The minimum atomic E-state index is -0.280. The maximum absolute atomic E-state index is 12.9. The Labute approximate surface area is 181 Å². The molecule has 30 heavy (non-hydrogen) atoms. The van der Waals surface area contributed by atoms with Crippen LogP contribution in [0.25, 0.3) is 0 Å². The molecule has 8 heteroatoms. The minimum Gasteiger partial charge on any atom is -0.414 e. The van der Waals surface area contributed by atoms with E-state index in [0.29, 0.717) is 30.0 Å². The Morgan fingerprint density at radius 2 is 1.97 bits per heavy atom. The van der Waals surface area contributed by atoms with Crippen molar-refractivity contribution in [2.45, 2.75) is 56.0 Å². The Morgan fingerprint density at radius 3 is 2.67 bits per heavy atom. The first kappa shape index (κ1) is 20.9. The smallest absolute Gasteiger partial charge is 0.277 e. The summed E-state index contributed by atoms with van der Waals surface area (Å²) in [4.78, 5) is 28.3. The number of aromatic nitrogens is 2. The molecule has 0 spiro atoms. The summed E-state index contributed by atoms with van der Waals surface area (Å²) in [5.74, 6) is 1.30. The summed E-state index contributed by atoms with van der Waals surface area (Å²) in [6, 6.07) is 10.6. The highest BCUT2D eigenvalue weighted by Crippen LogP contribution is 2.27. The highest BCUT2D eigenvalue weighted by atomic mass is 32.2. The summed E-state index contributed by atoms with van der Waals surface area (Å²) in [5, 5.41) is 8.19. The number of thioether (sulfide) groups is 1. The number of carbonyl (C=O) groups is 2. The van der Waals surface area contributed by atoms with Crippen molar-refractivity contribution in [3.05, 3.63) is 41.8 Å². The first-order chi connectivity index (χ1) is 14.6. The fourth-order valence-electron chi connectivity index (χ4n) is 4.15. The van der Waals surface area contributed by atoms with Crippen LogP contribution in [0.4, 0.5) is 0 Å². The third kappa shape index (κ3) is 5.22. The Morgan fingerprint density at radius 1 is 1.20 bits per heavy atom. The van der Waals surface area contributed by atoms with E-state index in [1.165, 1.54) is 17.3 Å². The van der Waals surface area contributed by atoms with E-state index in [2.05, 4.69) is 34.5 Å². The largest absolute Gasteiger partial charge is 0.414 e. The second kappa shape index (κ2) is 9.64. The van der Waals surface area contributed by atoms with E-state index in [0.717, 1.165) is 45.3 Å². The number of likely N-dealkylation sites (tertiary alicyclic amines) is 2. The predicted molar refractivity (Wildman–Crippen MR) is 114 cm³/mol. The lowest BCUT2D eigenvalue weighted by molar-refractivity contribution is -0.131. The molecule has 0 unspecified atom stereocenters. The monoisotopic (exact) mass is 428 g/mol. The van der Waals surface area contributed by atoms with Gasteiger partial charge in [-0.25, -0.2) is 0 Å². The molecule has 7 nitrogen and oxygen atoms in total. The summed E-state index contributed by atoms with van der Waals surface area (Å²) >= 11 is 1.29. The zero-order chi connectivity index (χ0) is 20.9. The Hall–Kier alpha value is -2.35. The van der Waals surface area contributed by atoms with Crippen molar-refractivity contribution in [2.24, 2.45) is 5.92 Å². The molecular formula is C22H28N4O3S. The molecule has 2 saturated heterocycles. The van der Waals surface area contributed by atoms with Gasteiger partial charge in [-0.2, -0.15) is 0 Å². The van der Waals surface area contributed by atoms with Crippen LogP contribution < -0.4 is 0 Å². The number of hydrogen-bond donors (Lipinski definition) is 0. The molecule has 0 aliphatic carbocycles. The lowest BCUT2D eigenvalue weighted by atomic mass is 9.90. The van der Waals surface area contributed by atoms with Crippen LogP contribution >= 0.6 is 11.8 Å². The van der Waals surface area contributed by atoms with Crippen molar-refractivity contribution in [1.29, 1.82) is 0 Å². The predicted octanol–water partition coefficient (Wildman–Crippen LogP) is 3.15. The fraction of sp³-hybridized carbons (Fsp3) is 0.545. The van der Waals surface area contributed by atoms with Gasteiger partial charge in [0.25, 0.3) is 5.22 Å². The second-order valence-electron chi connectivity index (χ2n) is 8.10. The standard InChI is InChI=1S/C22H28N4O3S/c1-16(30-22-24-23-19(29-22)15-26-11-5-8-20(26)27)21(28)25-12-9-18(10-13-25)14-17-6-3-2-4-7-17/h2-4,6-7,16,18H,5,8-15H2,1H3/t16-/m1/s1. The van der Waals surface area contributed by atoms with E-state index >= 15 is 0 Å². The van der Waals surface area contributed by atoms with Gasteiger partial charge >= 0.3 is 0 Å². The number of benzene rings is 1. The summed E-state index contributed by atoms with van der Waals surface area (Å²) in [7, 11) is 0. The number of nitrogens with zero attached hydrogens (tertiary/aromatic N) is 4. The topological polar surface area (TPSA) is 79.5 Å². The van der Waals surface area contributed by atoms with Crippen LogP contribution in [0.3, 0.4) is 0 Å². The zero-order valence-electron chi connectivity index (χ0n) is 17.3. The lowest BCUT2D eigenvalue weighted by Gasteiger charge is -2.33. The van der Waals surface area contributed by atoms with Crippen molar-refractivity contribution in [1.82, 2.24) is 20.0 Å². The van der Waals surface area contributed by atoms with Crippen molar-refractivity contribution >= 4 is 23.6 Å². The van der Waals surface area contributed by atoms with Gasteiger partial charge in [0, 0.05) is 26.1 Å². The van der Waals surface area contributed by atoms with Crippen LogP contribution in [-0.2, 0) is 22.6 Å². The molecule has 0 saturated carbocycles.